The maximum Gasteiger partial charge on any atom is 0.310 e. The largest absolute Gasteiger partial charge is 0.481 e. The topological polar surface area (TPSA) is 66.4 Å². The summed E-state index contributed by atoms with van der Waals surface area (Å²) in [5.41, 5.74) is 2.03. The molecule has 114 valence electrons. The van der Waals surface area contributed by atoms with Gasteiger partial charge in [-0.1, -0.05) is 25.3 Å². The number of benzene rings is 1. The number of carboxylic acid groups (broad SMARTS) is 1. The fourth-order valence-electron chi connectivity index (χ4n) is 3.25. The van der Waals surface area contributed by atoms with Crippen LogP contribution in [-0.2, 0) is 9.59 Å². The lowest BCUT2D eigenvalue weighted by atomic mass is 9.71. The van der Waals surface area contributed by atoms with Crippen LogP contribution in [0.1, 0.15) is 49.7 Å². The van der Waals surface area contributed by atoms with Crippen molar-refractivity contribution in [3.8, 4) is 0 Å². The van der Waals surface area contributed by atoms with Crippen LogP contribution in [0, 0.1) is 19.3 Å². The summed E-state index contributed by atoms with van der Waals surface area (Å²) in [5, 5.41) is 12.4. The maximum atomic E-state index is 12.2. The van der Waals surface area contributed by atoms with Crippen LogP contribution in [0.15, 0.2) is 18.2 Å². The summed E-state index contributed by atoms with van der Waals surface area (Å²) < 4.78 is 0. The smallest absolute Gasteiger partial charge is 0.310 e. The fourth-order valence-corrected chi connectivity index (χ4v) is 3.25. The Bertz CT molecular complexity index is 525. The molecule has 2 N–H and O–H groups in total. The molecule has 4 nitrogen and oxygen atoms in total. The lowest BCUT2D eigenvalue weighted by Crippen LogP contribution is -2.37. The van der Waals surface area contributed by atoms with Crippen LogP contribution in [0.4, 0.5) is 5.69 Å². The van der Waals surface area contributed by atoms with E-state index in [1.165, 1.54) is 0 Å². The molecule has 21 heavy (non-hydrogen) atoms. The minimum atomic E-state index is -0.874. The molecule has 1 aliphatic carbocycles. The molecule has 0 aliphatic heterocycles. The predicted octanol–water partition coefficient (Wildman–Crippen LogP) is 3.67. The van der Waals surface area contributed by atoms with Crippen molar-refractivity contribution in [1.82, 2.24) is 0 Å². The van der Waals surface area contributed by atoms with E-state index < -0.39 is 11.4 Å². The number of nitrogens with one attached hydrogen (secondary N) is 1. The van der Waals surface area contributed by atoms with Gasteiger partial charge in [-0.2, -0.15) is 0 Å². The van der Waals surface area contributed by atoms with Crippen LogP contribution in [-0.4, -0.2) is 17.0 Å². The Morgan fingerprint density at radius 1 is 1.10 bits per heavy atom. The first-order valence-corrected chi connectivity index (χ1v) is 7.53. The van der Waals surface area contributed by atoms with Crippen LogP contribution in [0.2, 0.25) is 0 Å². The number of anilines is 1. The van der Waals surface area contributed by atoms with Gasteiger partial charge >= 0.3 is 5.97 Å². The molecule has 0 bridgehead atoms. The molecule has 4 heteroatoms. The van der Waals surface area contributed by atoms with E-state index in [0.717, 1.165) is 36.1 Å². The van der Waals surface area contributed by atoms with Crippen LogP contribution >= 0.6 is 0 Å². The number of carboxylic acids is 1. The molecule has 1 amide bonds. The van der Waals surface area contributed by atoms with E-state index in [1.807, 2.05) is 32.0 Å². The molecule has 1 aromatic carbocycles. The summed E-state index contributed by atoms with van der Waals surface area (Å²) in [6.07, 6.45) is 4.11. The number of carbonyl (C=O) groups excluding carboxylic acids is 1. The first-order valence-electron chi connectivity index (χ1n) is 7.53. The molecule has 0 unspecified atom stereocenters. The highest BCUT2D eigenvalue weighted by molar-refractivity contribution is 5.94. The predicted molar refractivity (Wildman–Crippen MR) is 82.3 cm³/mol. The number of aliphatic carboxylic acids is 1. The van der Waals surface area contributed by atoms with Crippen LogP contribution in [0.3, 0.4) is 0 Å². The Hall–Kier alpha value is -1.84. The first-order chi connectivity index (χ1) is 9.91. The second-order valence-corrected chi connectivity index (χ2v) is 6.25. The second kappa shape index (κ2) is 6.29. The summed E-state index contributed by atoms with van der Waals surface area (Å²) in [7, 11) is 0. The lowest BCUT2D eigenvalue weighted by Gasteiger charge is -2.32. The van der Waals surface area contributed by atoms with Crippen molar-refractivity contribution in [1.29, 1.82) is 0 Å². The Morgan fingerprint density at radius 3 is 2.19 bits per heavy atom. The van der Waals surface area contributed by atoms with E-state index in [1.54, 1.807) is 0 Å². The Labute approximate surface area is 125 Å². The molecule has 1 aliphatic rings. The summed E-state index contributed by atoms with van der Waals surface area (Å²) >= 11 is 0. The van der Waals surface area contributed by atoms with Crippen LogP contribution in [0.25, 0.3) is 0 Å². The fraction of sp³-hybridized carbons (Fsp3) is 0.529. The van der Waals surface area contributed by atoms with Gasteiger partial charge in [0.05, 0.1) is 5.41 Å². The van der Waals surface area contributed by atoms with Crippen LogP contribution in [0.5, 0.6) is 0 Å². The number of carbonyl (C=O) groups is 2. The van der Waals surface area contributed by atoms with E-state index in [2.05, 4.69) is 5.32 Å². The molecule has 0 aromatic heterocycles. The standard InChI is InChI=1S/C17H23NO3/c1-12-8-13(2)10-14(9-12)18-15(19)11-17(16(20)21)6-4-3-5-7-17/h8-10H,3-7,11H2,1-2H3,(H,18,19)(H,20,21). The Balaban J connectivity index is 2.07. The quantitative estimate of drug-likeness (QED) is 0.888. The van der Waals surface area contributed by atoms with Gasteiger partial charge in [0, 0.05) is 12.1 Å². The monoisotopic (exact) mass is 289 g/mol. The molecule has 1 saturated carbocycles. The van der Waals surface area contributed by atoms with Crippen molar-refractivity contribution >= 4 is 17.6 Å². The average Bonchev–Trinajstić information content (AvgIpc) is 2.37. The highest BCUT2D eigenvalue weighted by Gasteiger charge is 2.41. The normalized spacial score (nSPS) is 17.2. The van der Waals surface area contributed by atoms with Gasteiger partial charge in [-0.15, -0.1) is 0 Å². The summed E-state index contributed by atoms with van der Waals surface area (Å²) in [6.45, 7) is 3.95. The van der Waals surface area contributed by atoms with Gasteiger partial charge in [-0.3, -0.25) is 9.59 Å². The third kappa shape index (κ3) is 3.84. The number of hydrogen-bond acceptors (Lipinski definition) is 2. The highest BCUT2D eigenvalue weighted by atomic mass is 16.4. The SMILES string of the molecule is Cc1cc(C)cc(NC(=O)CC2(C(=O)O)CCCCC2)c1. The van der Waals surface area contributed by atoms with Gasteiger partial charge in [0.2, 0.25) is 5.91 Å². The summed E-state index contributed by atoms with van der Waals surface area (Å²) in [6, 6.07) is 5.84. The van der Waals surface area contributed by atoms with Gasteiger partial charge in [0.15, 0.2) is 0 Å². The van der Waals surface area contributed by atoms with Crippen LogP contribution < -0.4 is 5.32 Å². The Kier molecular flexibility index (Phi) is 4.66. The minimum Gasteiger partial charge on any atom is -0.481 e. The molecule has 0 heterocycles. The molecule has 0 saturated heterocycles. The van der Waals surface area contributed by atoms with E-state index in [-0.39, 0.29) is 12.3 Å². The van der Waals surface area contributed by atoms with Crippen molar-refractivity contribution in [3.63, 3.8) is 0 Å². The molecule has 1 fully saturated rings. The zero-order valence-electron chi connectivity index (χ0n) is 12.7. The van der Waals surface area contributed by atoms with Crippen molar-refractivity contribution in [2.45, 2.75) is 52.4 Å². The first kappa shape index (κ1) is 15.5. The maximum absolute atomic E-state index is 12.2. The summed E-state index contributed by atoms with van der Waals surface area (Å²) in [5.74, 6) is -1.04. The molecule has 1 aromatic rings. The van der Waals surface area contributed by atoms with Gasteiger partial charge in [0.25, 0.3) is 0 Å². The zero-order chi connectivity index (χ0) is 15.5. The van der Waals surface area contributed by atoms with Crippen molar-refractivity contribution in [2.75, 3.05) is 5.32 Å². The average molecular weight is 289 g/mol. The molecule has 0 spiro atoms. The number of amides is 1. The van der Waals surface area contributed by atoms with E-state index >= 15 is 0 Å². The van der Waals surface area contributed by atoms with Gasteiger partial charge in [-0.05, 0) is 49.9 Å². The van der Waals surface area contributed by atoms with E-state index in [4.69, 9.17) is 0 Å². The molecule has 0 radical (unpaired) electrons. The summed E-state index contributed by atoms with van der Waals surface area (Å²) in [4.78, 5) is 23.8. The van der Waals surface area contributed by atoms with Crippen molar-refractivity contribution in [3.05, 3.63) is 29.3 Å². The Morgan fingerprint density at radius 2 is 1.67 bits per heavy atom. The van der Waals surface area contributed by atoms with E-state index in [9.17, 15) is 14.7 Å². The molecular formula is C17H23NO3. The van der Waals surface area contributed by atoms with Crippen molar-refractivity contribution < 1.29 is 14.7 Å². The third-order valence-corrected chi connectivity index (χ3v) is 4.27. The highest BCUT2D eigenvalue weighted by Crippen LogP contribution is 2.39. The molecule has 0 atom stereocenters. The zero-order valence-corrected chi connectivity index (χ0v) is 12.7. The number of aryl methyl sites for hydroxylation is 2. The molecule has 2 rings (SSSR count). The number of rotatable bonds is 4. The second-order valence-electron chi connectivity index (χ2n) is 6.25. The lowest BCUT2D eigenvalue weighted by molar-refractivity contribution is -0.153. The molecular weight excluding hydrogens is 266 g/mol. The third-order valence-electron chi connectivity index (χ3n) is 4.27. The van der Waals surface area contributed by atoms with Gasteiger partial charge < -0.3 is 10.4 Å². The van der Waals surface area contributed by atoms with E-state index in [0.29, 0.717) is 12.8 Å². The van der Waals surface area contributed by atoms with Gasteiger partial charge in [0.1, 0.15) is 0 Å². The van der Waals surface area contributed by atoms with Crippen molar-refractivity contribution in [2.24, 2.45) is 5.41 Å². The minimum absolute atomic E-state index is 0.0648. The number of hydrogen-bond donors (Lipinski definition) is 2. The van der Waals surface area contributed by atoms with Gasteiger partial charge in [-0.25, -0.2) is 0 Å².